The maximum absolute atomic E-state index is 10.3. The van der Waals surface area contributed by atoms with Crippen LogP contribution in [-0.4, -0.2) is 5.11 Å². The normalized spacial score (nSPS) is 12.4. The van der Waals surface area contributed by atoms with E-state index >= 15 is 0 Å². The van der Waals surface area contributed by atoms with Gasteiger partial charge in [0.2, 0.25) is 0 Å². The molecule has 18 heavy (non-hydrogen) atoms. The summed E-state index contributed by atoms with van der Waals surface area (Å²) in [4.78, 5) is 0. The summed E-state index contributed by atoms with van der Waals surface area (Å²) in [6.07, 6.45) is 0.105. The average molecular weight is 261 g/mol. The van der Waals surface area contributed by atoms with Gasteiger partial charge in [-0.15, -0.1) is 0 Å². The van der Waals surface area contributed by atoms with Crippen molar-refractivity contribution >= 4 is 11.6 Å². The summed E-state index contributed by atoms with van der Waals surface area (Å²) in [5.41, 5.74) is 4.22. The third-order valence-corrected chi connectivity index (χ3v) is 3.63. The van der Waals surface area contributed by atoms with Gasteiger partial charge in [0, 0.05) is 11.4 Å². The first-order chi connectivity index (χ1) is 8.58. The molecule has 1 nitrogen and oxygen atoms in total. The van der Waals surface area contributed by atoms with Crippen LogP contribution in [0.5, 0.6) is 0 Å². The number of benzene rings is 2. The summed E-state index contributed by atoms with van der Waals surface area (Å²) in [5.74, 6) is 0. The van der Waals surface area contributed by atoms with E-state index in [1.54, 1.807) is 0 Å². The molecule has 0 heterocycles. The molecule has 2 heteroatoms. The van der Waals surface area contributed by atoms with E-state index in [0.717, 1.165) is 16.7 Å². The van der Waals surface area contributed by atoms with Crippen LogP contribution in [-0.2, 0) is 6.42 Å². The van der Waals surface area contributed by atoms with Crippen molar-refractivity contribution in [2.75, 3.05) is 0 Å². The van der Waals surface area contributed by atoms with Crippen LogP contribution in [0.25, 0.3) is 0 Å². The molecule has 0 amide bonds. The van der Waals surface area contributed by atoms with Gasteiger partial charge in [0.15, 0.2) is 0 Å². The molecule has 2 rings (SSSR count). The van der Waals surface area contributed by atoms with E-state index in [2.05, 4.69) is 31.2 Å². The summed E-state index contributed by atoms with van der Waals surface area (Å²) in [7, 11) is 0. The highest BCUT2D eigenvalue weighted by atomic mass is 35.5. The van der Waals surface area contributed by atoms with Gasteiger partial charge in [-0.2, -0.15) is 0 Å². The molecular formula is C16H17ClO. The molecule has 0 aromatic heterocycles. The maximum Gasteiger partial charge on any atom is 0.0833 e. The average Bonchev–Trinajstić information content (AvgIpc) is 2.35. The zero-order valence-electron chi connectivity index (χ0n) is 10.7. The minimum atomic E-state index is -0.508. The standard InChI is InChI=1S/C16H17ClO/c1-11-6-8-13(9-7-11)10-16(18)14-4-3-5-15(17)12(14)2/h3-9,16,18H,10H2,1-2H3. The van der Waals surface area contributed by atoms with Gasteiger partial charge in [0.1, 0.15) is 0 Å². The van der Waals surface area contributed by atoms with E-state index in [1.165, 1.54) is 5.56 Å². The van der Waals surface area contributed by atoms with Crippen LogP contribution in [0.1, 0.15) is 28.4 Å². The Morgan fingerprint density at radius 2 is 1.72 bits per heavy atom. The van der Waals surface area contributed by atoms with Crippen LogP contribution < -0.4 is 0 Å². The lowest BCUT2D eigenvalue weighted by molar-refractivity contribution is 0.177. The van der Waals surface area contributed by atoms with Crippen molar-refractivity contribution in [2.24, 2.45) is 0 Å². The fourth-order valence-electron chi connectivity index (χ4n) is 2.04. The second-order valence-electron chi connectivity index (χ2n) is 4.66. The number of hydrogen-bond donors (Lipinski definition) is 1. The number of aliphatic hydroxyl groups excluding tert-OH is 1. The molecule has 0 fully saturated rings. The lowest BCUT2D eigenvalue weighted by Crippen LogP contribution is -2.04. The van der Waals surface area contributed by atoms with Crippen molar-refractivity contribution in [2.45, 2.75) is 26.4 Å². The molecule has 0 aliphatic rings. The van der Waals surface area contributed by atoms with Crippen LogP contribution >= 0.6 is 11.6 Å². The Labute approximate surface area is 113 Å². The quantitative estimate of drug-likeness (QED) is 0.876. The van der Waals surface area contributed by atoms with Crippen LogP contribution in [0.15, 0.2) is 42.5 Å². The van der Waals surface area contributed by atoms with Gasteiger partial charge in [0.25, 0.3) is 0 Å². The van der Waals surface area contributed by atoms with Crippen molar-refractivity contribution in [1.29, 1.82) is 0 Å². The van der Waals surface area contributed by atoms with Gasteiger partial charge >= 0.3 is 0 Å². The van der Waals surface area contributed by atoms with Crippen molar-refractivity contribution in [3.63, 3.8) is 0 Å². The fraction of sp³-hybridized carbons (Fsp3) is 0.250. The largest absolute Gasteiger partial charge is 0.388 e. The predicted molar refractivity (Wildman–Crippen MR) is 76.0 cm³/mol. The van der Waals surface area contributed by atoms with E-state index in [-0.39, 0.29) is 0 Å². The molecule has 1 unspecified atom stereocenters. The van der Waals surface area contributed by atoms with Crippen LogP contribution in [0.2, 0.25) is 5.02 Å². The van der Waals surface area contributed by atoms with E-state index in [1.807, 2.05) is 25.1 Å². The molecule has 0 aliphatic heterocycles. The Morgan fingerprint density at radius 1 is 1.06 bits per heavy atom. The van der Waals surface area contributed by atoms with Crippen LogP contribution in [0, 0.1) is 13.8 Å². The van der Waals surface area contributed by atoms with Crippen LogP contribution in [0.4, 0.5) is 0 Å². The number of aryl methyl sites for hydroxylation is 1. The van der Waals surface area contributed by atoms with Gasteiger partial charge in [-0.1, -0.05) is 53.6 Å². The Kier molecular flexibility index (Phi) is 4.05. The number of aliphatic hydroxyl groups is 1. The third-order valence-electron chi connectivity index (χ3n) is 3.22. The molecule has 0 aliphatic carbocycles. The summed E-state index contributed by atoms with van der Waals surface area (Å²) in [6.45, 7) is 4.00. The SMILES string of the molecule is Cc1ccc(CC(O)c2cccc(Cl)c2C)cc1. The summed E-state index contributed by atoms with van der Waals surface area (Å²) >= 11 is 6.07. The second-order valence-corrected chi connectivity index (χ2v) is 5.07. The molecule has 1 atom stereocenters. The second kappa shape index (κ2) is 5.55. The molecule has 0 radical (unpaired) electrons. The number of halogens is 1. The van der Waals surface area contributed by atoms with Crippen molar-refractivity contribution < 1.29 is 5.11 Å². The third kappa shape index (κ3) is 2.92. The zero-order chi connectivity index (χ0) is 13.1. The molecule has 0 bridgehead atoms. The molecule has 0 saturated heterocycles. The van der Waals surface area contributed by atoms with E-state index < -0.39 is 6.10 Å². The van der Waals surface area contributed by atoms with E-state index in [9.17, 15) is 5.11 Å². The molecular weight excluding hydrogens is 244 g/mol. The van der Waals surface area contributed by atoms with Gasteiger partial charge in [-0.3, -0.25) is 0 Å². The summed E-state index contributed by atoms with van der Waals surface area (Å²) < 4.78 is 0. The summed E-state index contributed by atoms with van der Waals surface area (Å²) in [5, 5.41) is 11.0. The first kappa shape index (κ1) is 13.1. The fourth-order valence-corrected chi connectivity index (χ4v) is 2.22. The van der Waals surface area contributed by atoms with E-state index in [0.29, 0.717) is 11.4 Å². The molecule has 2 aromatic rings. The molecule has 1 N–H and O–H groups in total. The van der Waals surface area contributed by atoms with Gasteiger partial charge in [0.05, 0.1) is 6.10 Å². The molecule has 0 saturated carbocycles. The Hall–Kier alpha value is -1.31. The smallest absolute Gasteiger partial charge is 0.0833 e. The highest BCUT2D eigenvalue weighted by molar-refractivity contribution is 6.31. The highest BCUT2D eigenvalue weighted by Gasteiger charge is 2.12. The Balaban J connectivity index is 2.19. The number of rotatable bonds is 3. The topological polar surface area (TPSA) is 20.2 Å². The van der Waals surface area contributed by atoms with Crippen molar-refractivity contribution in [3.05, 3.63) is 69.7 Å². The highest BCUT2D eigenvalue weighted by Crippen LogP contribution is 2.26. The van der Waals surface area contributed by atoms with Crippen molar-refractivity contribution in [1.82, 2.24) is 0 Å². The summed E-state index contributed by atoms with van der Waals surface area (Å²) in [6, 6.07) is 13.9. The van der Waals surface area contributed by atoms with E-state index in [4.69, 9.17) is 11.6 Å². The lowest BCUT2D eigenvalue weighted by Gasteiger charge is -2.14. The molecule has 2 aromatic carbocycles. The minimum absolute atomic E-state index is 0.508. The Bertz CT molecular complexity index is 531. The van der Waals surface area contributed by atoms with Gasteiger partial charge < -0.3 is 5.11 Å². The van der Waals surface area contributed by atoms with Gasteiger partial charge in [-0.25, -0.2) is 0 Å². The molecule has 0 spiro atoms. The van der Waals surface area contributed by atoms with Crippen LogP contribution in [0.3, 0.4) is 0 Å². The lowest BCUT2D eigenvalue weighted by atomic mass is 9.97. The number of hydrogen-bond acceptors (Lipinski definition) is 1. The first-order valence-electron chi connectivity index (χ1n) is 6.06. The monoisotopic (exact) mass is 260 g/mol. The maximum atomic E-state index is 10.3. The predicted octanol–water partition coefficient (Wildman–Crippen LogP) is 4.23. The minimum Gasteiger partial charge on any atom is -0.388 e. The first-order valence-corrected chi connectivity index (χ1v) is 6.44. The zero-order valence-corrected chi connectivity index (χ0v) is 11.4. The van der Waals surface area contributed by atoms with Gasteiger partial charge in [-0.05, 0) is 36.6 Å². The Morgan fingerprint density at radius 3 is 2.39 bits per heavy atom. The molecule has 94 valence electrons. The van der Waals surface area contributed by atoms with Crippen molar-refractivity contribution in [3.8, 4) is 0 Å².